The fraction of sp³-hybridized carbons (Fsp3) is 0.217. The molecule has 0 saturated carbocycles. The Balaban J connectivity index is 1.63. The highest BCUT2D eigenvalue weighted by Gasteiger charge is 2.22. The van der Waals surface area contributed by atoms with E-state index in [9.17, 15) is 4.79 Å². The number of carbonyl (C=O) groups is 1. The predicted octanol–water partition coefficient (Wildman–Crippen LogP) is 4.53. The Morgan fingerprint density at radius 3 is 2.63 bits per heavy atom. The Bertz CT molecular complexity index is 1110. The van der Waals surface area contributed by atoms with Crippen molar-refractivity contribution in [1.82, 2.24) is 20.0 Å². The second-order valence-electron chi connectivity index (χ2n) is 7.33. The number of rotatable bonds is 7. The number of para-hydroxylation sites is 1. The molecular formula is C23H24N4O2S. The number of likely N-dealkylation sites (N-methyl/N-ethyl adjacent to an activating group) is 1. The van der Waals surface area contributed by atoms with Crippen LogP contribution in [0.2, 0.25) is 0 Å². The van der Waals surface area contributed by atoms with Crippen molar-refractivity contribution in [3.63, 3.8) is 0 Å². The molecule has 6 nitrogen and oxygen atoms in total. The fourth-order valence-corrected chi connectivity index (χ4v) is 4.05. The molecule has 7 heteroatoms. The molecule has 0 bridgehead atoms. The molecular weight excluding hydrogens is 396 g/mol. The van der Waals surface area contributed by atoms with E-state index >= 15 is 0 Å². The van der Waals surface area contributed by atoms with Crippen LogP contribution in [0.3, 0.4) is 0 Å². The van der Waals surface area contributed by atoms with Gasteiger partial charge in [0.2, 0.25) is 0 Å². The highest BCUT2D eigenvalue weighted by Crippen LogP contribution is 2.26. The van der Waals surface area contributed by atoms with Gasteiger partial charge in [0.05, 0.1) is 17.3 Å². The van der Waals surface area contributed by atoms with Crippen molar-refractivity contribution < 1.29 is 9.21 Å². The number of furan rings is 1. The lowest BCUT2D eigenvalue weighted by Crippen LogP contribution is -2.34. The molecule has 4 rings (SSSR count). The van der Waals surface area contributed by atoms with E-state index in [-0.39, 0.29) is 11.9 Å². The Kier molecular flexibility index (Phi) is 5.83. The van der Waals surface area contributed by atoms with Gasteiger partial charge in [-0.15, -0.1) is 0 Å². The third-order valence-electron chi connectivity index (χ3n) is 4.96. The smallest absolute Gasteiger partial charge is 0.255 e. The van der Waals surface area contributed by atoms with E-state index in [4.69, 9.17) is 4.42 Å². The number of nitrogens with zero attached hydrogens (tertiary/aromatic N) is 3. The summed E-state index contributed by atoms with van der Waals surface area (Å²) in [7, 11) is 4.03. The first-order valence-corrected chi connectivity index (χ1v) is 10.7. The molecule has 0 saturated heterocycles. The van der Waals surface area contributed by atoms with Gasteiger partial charge in [0, 0.05) is 12.7 Å². The molecule has 0 aliphatic heterocycles. The molecule has 0 fully saturated rings. The van der Waals surface area contributed by atoms with Gasteiger partial charge in [-0.3, -0.25) is 4.79 Å². The van der Waals surface area contributed by atoms with Crippen molar-refractivity contribution in [3.8, 4) is 17.1 Å². The fourth-order valence-electron chi connectivity index (χ4n) is 3.34. The van der Waals surface area contributed by atoms with Crippen molar-refractivity contribution in [2.75, 3.05) is 20.6 Å². The van der Waals surface area contributed by atoms with Gasteiger partial charge in [-0.1, -0.05) is 18.2 Å². The highest BCUT2D eigenvalue weighted by molar-refractivity contribution is 7.07. The van der Waals surface area contributed by atoms with Crippen molar-refractivity contribution in [3.05, 3.63) is 82.4 Å². The van der Waals surface area contributed by atoms with Crippen molar-refractivity contribution in [2.45, 2.75) is 13.0 Å². The zero-order chi connectivity index (χ0) is 21.1. The van der Waals surface area contributed by atoms with Gasteiger partial charge in [0.15, 0.2) is 5.76 Å². The Labute approximate surface area is 179 Å². The molecule has 154 valence electrons. The van der Waals surface area contributed by atoms with Gasteiger partial charge in [0.25, 0.3) is 5.91 Å². The van der Waals surface area contributed by atoms with Crippen LogP contribution in [0.4, 0.5) is 0 Å². The number of hydrogen-bond acceptors (Lipinski definition) is 5. The lowest BCUT2D eigenvalue weighted by atomic mass is 10.1. The molecule has 4 aromatic rings. The summed E-state index contributed by atoms with van der Waals surface area (Å²) in [5.74, 6) is 1.17. The zero-order valence-corrected chi connectivity index (χ0v) is 18.0. The van der Waals surface area contributed by atoms with E-state index in [1.54, 1.807) is 22.2 Å². The first kappa shape index (κ1) is 20.1. The van der Waals surface area contributed by atoms with Gasteiger partial charge in [0.1, 0.15) is 11.5 Å². The van der Waals surface area contributed by atoms with Crippen LogP contribution in [-0.2, 0) is 0 Å². The van der Waals surface area contributed by atoms with E-state index in [0.29, 0.717) is 23.6 Å². The van der Waals surface area contributed by atoms with Gasteiger partial charge < -0.3 is 14.6 Å². The quantitative estimate of drug-likeness (QED) is 0.477. The van der Waals surface area contributed by atoms with Crippen LogP contribution in [-0.4, -0.2) is 41.2 Å². The molecule has 0 aliphatic carbocycles. The lowest BCUT2D eigenvalue weighted by molar-refractivity contribution is 0.0942. The standard InChI is InChI=1S/C23H24N4O2S/c1-16-9-10-21(29-16)22-19(14-27(25-22)18-7-5-4-6-8-18)23(28)24-13-20(26(2)3)17-11-12-30-15-17/h4-12,14-15,20H,13H2,1-3H3,(H,24,28)/t20-/m0/s1. The maximum Gasteiger partial charge on any atom is 0.255 e. The van der Waals surface area contributed by atoms with Crippen LogP contribution < -0.4 is 5.32 Å². The topological polar surface area (TPSA) is 63.3 Å². The average Bonchev–Trinajstić information content (AvgIpc) is 3.49. The van der Waals surface area contributed by atoms with Crippen molar-refractivity contribution in [2.24, 2.45) is 0 Å². The number of amides is 1. The summed E-state index contributed by atoms with van der Waals surface area (Å²) in [6.45, 7) is 2.37. The minimum absolute atomic E-state index is 0.0960. The summed E-state index contributed by atoms with van der Waals surface area (Å²) >= 11 is 1.65. The van der Waals surface area contributed by atoms with Crippen molar-refractivity contribution >= 4 is 17.2 Å². The highest BCUT2D eigenvalue weighted by atomic mass is 32.1. The number of hydrogen-bond donors (Lipinski definition) is 1. The second kappa shape index (κ2) is 8.69. The molecule has 0 unspecified atom stereocenters. The Morgan fingerprint density at radius 2 is 2.00 bits per heavy atom. The molecule has 1 N–H and O–H groups in total. The largest absolute Gasteiger partial charge is 0.460 e. The molecule has 3 heterocycles. The third kappa shape index (κ3) is 4.22. The molecule has 3 aromatic heterocycles. The zero-order valence-electron chi connectivity index (χ0n) is 17.2. The van der Waals surface area contributed by atoms with Gasteiger partial charge >= 0.3 is 0 Å². The Hall–Kier alpha value is -3.16. The monoisotopic (exact) mass is 420 g/mol. The lowest BCUT2D eigenvalue weighted by Gasteiger charge is -2.23. The SMILES string of the molecule is Cc1ccc(-c2nn(-c3ccccc3)cc2C(=O)NC[C@@H](c2ccsc2)N(C)C)o1. The Morgan fingerprint density at radius 1 is 1.20 bits per heavy atom. The van der Waals surface area contributed by atoms with Crippen molar-refractivity contribution in [1.29, 1.82) is 0 Å². The molecule has 0 radical (unpaired) electrons. The minimum Gasteiger partial charge on any atom is -0.460 e. The number of benzene rings is 1. The van der Waals surface area contributed by atoms with E-state index < -0.39 is 0 Å². The van der Waals surface area contributed by atoms with E-state index in [2.05, 4.69) is 32.1 Å². The average molecular weight is 421 g/mol. The van der Waals surface area contributed by atoms with Crippen LogP contribution in [0, 0.1) is 6.92 Å². The maximum atomic E-state index is 13.2. The van der Waals surface area contributed by atoms with Crippen LogP contribution in [0.5, 0.6) is 0 Å². The number of carbonyl (C=O) groups excluding carboxylic acids is 1. The van der Waals surface area contributed by atoms with E-state index in [1.165, 1.54) is 5.56 Å². The predicted molar refractivity (Wildman–Crippen MR) is 119 cm³/mol. The summed E-state index contributed by atoms with van der Waals surface area (Å²) in [5.41, 5.74) is 3.08. The number of aromatic nitrogens is 2. The minimum atomic E-state index is -0.177. The molecule has 1 aromatic carbocycles. The van der Waals surface area contributed by atoms with E-state index in [0.717, 1.165) is 11.4 Å². The second-order valence-corrected chi connectivity index (χ2v) is 8.11. The molecule has 30 heavy (non-hydrogen) atoms. The molecule has 1 atom stereocenters. The number of aryl methyl sites for hydroxylation is 1. The maximum absolute atomic E-state index is 13.2. The van der Waals surface area contributed by atoms with Crippen LogP contribution in [0.1, 0.15) is 27.7 Å². The first-order valence-electron chi connectivity index (χ1n) is 9.71. The van der Waals surface area contributed by atoms with Crippen LogP contribution in [0.15, 0.2) is 69.9 Å². The van der Waals surface area contributed by atoms with Gasteiger partial charge in [-0.05, 0) is 67.7 Å². The summed E-state index contributed by atoms with van der Waals surface area (Å²) in [4.78, 5) is 15.3. The summed E-state index contributed by atoms with van der Waals surface area (Å²) < 4.78 is 7.48. The summed E-state index contributed by atoms with van der Waals surface area (Å²) in [6, 6.07) is 15.6. The molecule has 0 spiro atoms. The normalized spacial score (nSPS) is 12.3. The molecule has 1 amide bonds. The number of nitrogens with one attached hydrogen (secondary N) is 1. The number of thiophene rings is 1. The summed E-state index contributed by atoms with van der Waals surface area (Å²) in [6.07, 6.45) is 1.76. The summed E-state index contributed by atoms with van der Waals surface area (Å²) in [5, 5.41) is 11.9. The van der Waals surface area contributed by atoms with E-state index in [1.807, 2.05) is 63.5 Å². The van der Waals surface area contributed by atoms with Gasteiger partial charge in [-0.25, -0.2) is 4.68 Å². The van der Waals surface area contributed by atoms with Crippen LogP contribution in [0.25, 0.3) is 17.1 Å². The molecule has 0 aliphatic rings. The van der Waals surface area contributed by atoms with Crippen LogP contribution >= 0.6 is 11.3 Å². The van der Waals surface area contributed by atoms with Gasteiger partial charge in [-0.2, -0.15) is 16.4 Å². The third-order valence-corrected chi connectivity index (χ3v) is 5.66. The first-order chi connectivity index (χ1) is 14.5.